The minimum Gasteiger partial charge on any atom is -0.491 e. The average Bonchev–Trinajstić information content (AvgIpc) is 2.41. The van der Waals surface area contributed by atoms with Gasteiger partial charge in [-0.25, -0.2) is 8.42 Å². The topological polar surface area (TPSA) is 65.4 Å². The molecule has 0 N–H and O–H groups in total. The Bertz CT molecular complexity index is 804. The summed E-state index contributed by atoms with van der Waals surface area (Å²) in [7, 11) is 1.49. The summed E-state index contributed by atoms with van der Waals surface area (Å²) in [5, 5.41) is 0. The zero-order valence-electron chi connectivity index (χ0n) is 10.7. The number of benzene rings is 1. The molecular formula is C13H11BrClNO4S. The largest absolute Gasteiger partial charge is 0.491 e. The molecule has 1 aromatic carbocycles. The third kappa shape index (κ3) is 4.33. The minimum absolute atomic E-state index is 0.0114. The summed E-state index contributed by atoms with van der Waals surface area (Å²) in [6.07, 6.45) is 1.67. The normalized spacial score (nSPS) is 11.3. The molecule has 0 aliphatic rings. The lowest BCUT2D eigenvalue weighted by atomic mass is 10.3. The molecule has 112 valence electrons. The number of pyridine rings is 1. The predicted octanol–water partition coefficient (Wildman–Crippen LogP) is 2.62. The van der Waals surface area contributed by atoms with Crippen LogP contribution in [0.15, 0.2) is 56.8 Å². The molecule has 0 aliphatic heterocycles. The average molecular weight is 393 g/mol. The highest BCUT2D eigenvalue weighted by Gasteiger charge is 2.12. The zero-order chi connectivity index (χ0) is 15.5. The molecule has 8 heteroatoms. The Hall–Kier alpha value is -1.31. The Labute approximate surface area is 134 Å². The molecule has 1 heterocycles. The second-order valence-corrected chi connectivity index (χ2v) is 7.53. The molecule has 0 radical (unpaired) electrons. The van der Waals surface area contributed by atoms with Crippen LogP contribution in [0.1, 0.15) is 0 Å². The standard InChI is InChI=1S/C13H11BrClNO4S/c14-11-9-10(21(15,18)19)4-5-12(11)20-8-7-16-6-2-1-3-13(16)17/h1-6,9H,7-8H2. The second kappa shape index (κ2) is 6.64. The molecule has 5 nitrogen and oxygen atoms in total. The third-order valence-electron chi connectivity index (χ3n) is 2.67. The van der Waals surface area contributed by atoms with Gasteiger partial charge in [-0.05, 0) is 40.2 Å². The van der Waals surface area contributed by atoms with Crippen LogP contribution in [0, 0.1) is 0 Å². The molecule has 21 heavy (non-hydrogen) atoms. The number of halogens is 2. The van der Waals surface area contributed by atoms with Crippen LogP contribution < -0.4 is 10.3 Å². The van der Waals surface area contributed by atoms with E-state index >= 15 is 0 Å². The molecule has 0 bridgehead atoms. The van der Waals surface area contributed by atoms with Crippen LogP contribution in [0.25, 0.3) is 0 Å². The molecule has 0 spiro atoms. The van der Waals surface area contributed by atoms with Crippen LogP contribution >= 0.6 is 26.6 Å². The Morgan fingerprint density at radius 3 is 2.62 bits per heavy atom. The van der Waals surface area contributed by atoms with Crippen molar-refractivity contribution in [3.63, 3.8) is 0 Å². The van der Waals surface area contributed by atoms with Gasteiger partial charge < -0.3 is 9.30 Å². The van der Waals surface area contributed by atoms with E-state index in [2.05, 4.69) is 15.9 Å². The fraction of sp³-hybridized carbons (Fsp3) is 0.154. The van der Waals surface area contributed by atoms with E-state index in [-0.39, 0.29) is 17.1 Å². The number of rotatable bonds is 5. The maximum atomic E-state index is 11.5. The summed E-state index contributed by atoms with van der Waals surface area (Å²) in [5.74, 6) is 0.475. The fourth-order valence-corrected chi connectivity index (χ4v) is 3.07. The summed E-state index contributed by atoms with van der Waals surface area (Å²) >= 11 is 3.22. The van der Waals surface area contributed by atoms with Gasteiger partial charge in [-0.15, -0.1) is 0 Å². The summed E-state index contributed by atoms with van der Waals surface area (Å²) < 4.78 is 29.9. The summed E-state index contributed by atoms with van der Waals surface area (Å²) in [4.78, 5) is 11.5. The van der Waals surface area contributed by atoms with Gasteiger partial charge in [0.25, 0.3) is 14.6 Å². The van der Waals surface area contributed by atoms with Crippen molar-refractivity contribution in [1.82, 2.24) is 4.57 Å². The van der Waals surface area contributed by atoms with Crippen molar-refractivity contribution in [2.75, 3.05) is 6.61 Å². The van der Waals surface area contributed by atoms with Crippen LogP contribution in [0.3, 0.4) is 0 Å². The second-order valence-electron chi connectivity index (χ2n) is 4.11. The molecule has 0 aliphatic carbocycles. The smallest absolute Gasteiger partial charge is 0.261 e. The Morgan fingerprint density at radius 2 is 2.00 bits per heavy atom. The van der Waals surface area contributed by atoms with Crippen LogP contribution in [0.4, 0.5) is 0 Å². The molecular weight excluding hydrogens is 382 g/mol. The first-order valence-electron chi connectivity index (χ1n) is 5.90. The highest BCUT2D eigenvalue weighted by atomic mass is 79.9. The van der Waals surface area contributed by atoms with E-state index in [0.717, 1.165) is 0 Å². The van der Waals surface area contributed by atoms with Crippen LogP contribution in [0.2, 0.25) is 0 Å². The molecule has 0 fully saturated rings. The first-order valence-corrected chi connectivity index (χ1v) is 9.00. The zero-order valence-corrected chi connectivity index (χ0v) is 13.9. The molecule has 0 unspecified atom stereocenters. The lowest BCUT2D eigenvalue weighted by Crippen LogP contribution is -2.21. The Morgan fingerprint density at radius 1 is 1.24 bits per heavy atom. The van der Waals surface area contributed by atoms with Crippen molar-refractivity contribution in [3.05, 3.63) is 57.4 Å². The van der Waals surface area contributed by atoms with E-state index in [1.807, 2.05) is 0 Å². The van der Waals surface area contributed by atoms with E-state index in [4.69, 9.17) is 15.4 Å². The molecule has 1 aromatic heterocycles. The maximum absolute atomic E-state index is 11.5. The highest BCUT2D eigenvalue weighted by Crippen LogP contribution is 2.29. The van der Waals surface area contributed by atoms with Gasteiger partial charge >= 0.3 is 0 Å². The van der Waals surface area contributed by atoms with Gasteiger partial charge in [0, 0.05) is 22.9 Å². The van der Waals surface area contributed by atoms with Crippen molar-refractivity contribution in [1.29, 1.82) is 0 Å². The van der Waals surface area contributed by atoms with Gasteiger partial charge in [0.05, 0.1) is 15.9 Å². The van der Waals surface area contributed by atoms with Gasteiger partial charge in [0.2, 0.25) is 0 Å². The minimum atomic E-state index is -3.77. The lowest BCUT2D eigenvalue weighted by molar-refractivity contribution is 0.294. The van der Waals surface area contributed by atoms with Gasteiger partial charge in [-0.1, -0.05) is 6.07 Å². The first kappa shape index (κ1) is 16.1. The quantitative estimate of drug-likeness (QED) is 0.734. The SMILES string of the molecule is O=c1ccccn1CCOc1ccc(S(=O)(=O)Cl)cc1Br. The van der Waals surface area contributed by atoms with E-state index < -0.39 is 9.05 Å². The summed E-state index contributed by atoms with van der Waals surface area (Å²) in [5.41, 5.74) is -0.108. The Kier molecular flexibility index (Phi) is 5.08. The fourth-order valence-electron chi connectivity index (χ4n) is 1.65. The Balaban J connectivity index is 2.05. The summed E-state index contributed by atoms with van der Waals surface area (Å²) in [6.45, 7) is 0.664. The third-order valence-corrected chi connectivity index (χ3v) is 4.64. The van der Waals surface area contributed by atoms with Crippen molar-refractivity contribution >= 4 is 35.7 Å². The number of hydrogen-bond acceptors (Lipinski definition) is 4. The first-order chi connectivity index (χ1) is 9.88. The predicted molar refractivity (Wildman–Crippen MR) is 83.4 cm³/mol. The molecule has 0 amide bonds. The number of ether oxygens (including phenoxy) is 1. The van der Waals surface area contributed by atoms with E-state index in [1.54, 1.807) is 18.3 Å². The molecule has 2 aromatic rings. The monoisotopic (exact) mass is 391 g/mol. The number of nitrogens with zero attached hydrogens (tertiary/aromatic N) is 1. The van der Waals surface area contributed by atoms with Crippen molar-refractivity contribution < 1.29 is 13.2 Å². The van der Waals surface area contributed by atoms with Crippen molar-refractivity contribution in [2.45, 2.75) is 11.4 Å². The lowest BCUT2D eigenvalue weighted by Gasteiger charge is -2.10. The maximum Gasteiger partial charge on any atom is 0.261 e. The summed E-state index contributed by atoms with van der Waals surface area (Å²) in [6, 6.07) is 9.13. The van der Waals surface area contributed by atoms with E-state index in [9.17, 15) is 13.2 Å². The van der Waals surface area contributed by atoms with E-state index in [0.29, 0.717) is 16.8 Å². The van der Waals surface area contributed by atoms with Gasteiger partial charge in [-0.3, -0.25) is 4.79 Å². The van der Waals surface area contributed by atoms with Crippen molar-refractivity contribution in [3.8, 4) is 5.75 Å². The van der Waals surface area contributed by atoms with E-state index in [1.165, 1.54) is 28.8 Å². The van der Waals surface area contributed by atoms with Crippen LogP contribution in [-0.4, -0.2) is 19.6 Å². The number of aromatic nitrogens is 1. The van der Waals surface area contributed by atoms with Gasteiger partial charge in [0.15, 0.2) is 0 Å². The van der Waals surface area contributed by atoms with Crippen LogP contribution in [-0.2, 0) is 15.6 Å². The molecule has 0 saturated heterocycles. The number of hydrogen-bond donors (Lipinski definition) is 0. The van der Waals surface area contributed by atoms with Gasteiger partial charge in [0.1, 0.15) is 12.4 Å². The van der Waals surface area contributed by atoms with Gasteiger partial charge in [-0.2, -0.15) is 0 Å². The van der Waals surface area contributed by atoms with Crippen LogP contribution in [0.5, 0.6) is 5.75 Å². The highest BCUT2D eigenvalue weighted by molar-refractivity contribution is 9.10. The molecule has 0 saturated carbocycles. The van der Waals surface area contributed by atoms with Crippen molar-refractivity contribution in [2.24, 2.45) is 0 Å². The molecule has 0 atom stereocenters. The molecule has 2 rings (SSSR count).